The van der Waals surface area contributed by atoms with Gasteiger partial charge in [-0.2, -0.15) is 0 Å². The summed E-state index contributed by atoms with van der Waals surface area (Å²) in [5, 5.41) is 0. The van der Waals surface area contributed by atoms with Gasteiger partial charge in [-0.05, 0) is 32.6 Å². The normalized spacial score (nSPS) is 18.9. The van der Waals surface area contributed by atoms with Crippen LogP contribution in [0.1, 0.15) is 26.7 Å². The summed E-state index contributed by atoms with van der Waals surface area (Å²) in [6, 6.07) is -0.344. The predicted octanol–water partition coefficient (Wildman–Crippen LogP) is 0.592. The lowest BCUT2D eigenvalue weighted by atomic mass is 10.2. The summed E-state index contributed by atoms with van der Waals surface area (Å²) >= 11 is 0. The third-order valence-electron chi connectivity index (χ3n) is 2.26. The van der Waals surface area contributed by atoms with Crippen LogP contribution in [0.25, 0.3) is 0 Å². The van der Waals surface area contributed by atoms with Gasteiger partial charge in [0.25, 0.3) is 0 Å². The van der Waals surface area contributed by atoms with Crippen molar-refractivity contribution in [3.63, 3.8) is 0 Å². The Kier molecular flexibility index (Phi) is 3.09. The largest absolute Gasteiger partial charge is 0.341 e. The van der Waals surface area contributed by atoms with Crippen LogP contribution in [0.4, 0.5) is 0 Å². The third kappa shape index (κ3) is 2.48. The van der Waals surface area contributed by atoms with Gasteiger partial charge < -0.3 is 10.6 Å². The van der Waals surface area contributed by atoms with Gasteiger partial charge in [0.15, 0.2) is 0 Å². The predicted molar refractivity (Wildman–Crippen MR) is 48.6 cm³/mol. The highest BCUT2D eigenvalue weighted by Crippen LogP contribution is 2.29. The molecule has 0 radical (unpaired) electrons. The van der Waals surface area contributed by atoms with E-state index in [4.69, 9.17) is 5.73 Å². The summed E-state index contributed by atoms with van der Waals surface area (Å²) in [7, 11) is 0. The van der Waals surface area contributed by atoms with E-state index in [0.717, 1.165) is 19.0 Å². The Bertz CT molecular complexity index is 164. The van der Waals surface area contributed by atoms with Gasteiger partial charge in [-0.25, -0.2) is 0 Å². The Morgan fingerprint density at radius 3 is 2.58 bits per heavy atom. The van der Waals surface area contributed by atoms with E-state index in [9.17, 15) is 4.79 Å². The first kappa shape index (κ1) is 9.52. The highest BCUT2D eigenvalue weighted by atomic mass is 16.2. The highest BCUT2D eigenvalue weighted by molar-refractivity contribution is 5.81. The summed E-state index contributed by atoms with van der Waals surface area (Å²) in [5.41, 5.74) is 5.52. The molecule has 0 unspecified atom stereocenters. The lowest BCUT2D eigenvalue weighted by Crippen LogP contribution is -2.42. The first-order chi connectivity index (χ1) is 5.65. The Morgan fingerprint density at radius 1 is 1.67 bits per heavy atom. The minimum atomic E-state index is -0.344. The molecule has 0 aromatic rings. The minimum absolute atomic E-state index is 0.0874. The van der Waals surface area contributed by atoms with Crippen molar-refractivity contribution in [3.05, 3.63) is 0 Å². The second-order valence-corrected chi connectivity index (χ2v) is 3.61. The first-order valence-electron chi connectivity index (χ1n) is 4.69. The average molecular weight is 170 g/mol. The molecule has 2 N–H and O–H groups in total. The molecule has 3 nitrogen and oxygen atoms in total. The van der Waals surface area contributed by atoms with Crippen LogP contribution in [0.3, 0.4) is 0 Å². The van der Waals surface area contributed by atoms with Gasteiger partial charge in [0.2, 0.25) is 5.91 Å². The van der Waals surface area contributed by atoms with Crippen molar-refractivity contribution in [3.8, 4) is 0 Å². The second kappa shape index (κ2) is 3.90. The zero-order valence-electron chi connectivity index (χ0n) is 7.92. The van der Waals surface area contributed by atoms with Crippen molar-refractivity contribution < 1.29 is 4.79 Å². The highest BCUT2D eigenvalue weighted by Gasteiger charge is 2.26. The molecule has 1 aliphatic rings. The van der Waals surface area contributed by atoms with Crippen molar-refractivity contribution >= 4 is 5.91 Å². The maximum Gasteiger partial charge on any atom is 0.239 e. The van der Waals surface area contributed by atoms with E-state index >= 15 is 0 Å². The molecule has 1 fully saturated rings. The van der Waals surface area contributed by atoms with Crippen LogP contribution in [0, 0.1) is 5.92 Å². The summed E-state index contributed by atoms with van der Waals surface area (Å²) in [4.78, 5) is 13.3. The van der Waals surface area contributed by atoms with Crippen LogP contribution in [0.2, 0.25) is 0 Å². The number of likely N-dealkylation sites (N-methyl/N-ethyl adjacent to an activating group) is 1. The molecule has 0 aromatic heterocycles. The van der Waals surface area contributed by atoms with Gasteiger partial charge in [-0.3, -0.25) is 4.79 Å². The molecule has 0 aliphatic heterocycles. The number of carbonyl (C=O) groups is 1. The third-order valence-corrected chi connectivity index (χ3v) is 2.26. The number of carbonyl (C=O) groups excluding carboxylic acids is 1. The number of amides is 1. The Hall–Kier alpha value is -0.570. The topological polar surface area (TPSA) is 46.3 Å². The van der Waals surface area contributed by atoms with Crippen molar-refractivity contribution in [2.75, 3.05) is 13.1 Å². The quantitative estimate of drug-likeness (QED) is 0.671. The summed E-state index contributed by atoms with van der Waals surface area (Å²) < 4.78 is 0. The smallest absolute Gasteiger partial charge is 0.239 e. The van der Waals surface area contributed by atoms with Gasteiger partial charge in [-0.1, -0.05) is 0 Å². The summed E-state index contributed by atoms with van der Waals surface area (Å²) in [6.45, 7) is 5.45. The molecule has 1 amide bonds. The van der Waals surface area contributed by atoms with E-state index < -0.39 is 0 Å². The second-order valence-electron chi connectivity index (χ2n) is 3.61. The molecule has 1 atom stereocenters. The number of hydrogen-bond acceptors (Lipinski definition) is 2. The number of hydrogen-bond donors (Lipinski definition) is 1. The zero-order chi connectivity index (χ0) is 9.14. The number of nitrogens with two attached hydrogens (primary N) is 1. The van der Waals surface area contributed by atoms with Crippen LogP contribution in [-0.4, -0.2) is 29.9 Å². The Morgan fingerprint density at radius 2 is 2.25 bits per heavy atom. The maximum atomic E-state index is 11.4. The summed E-state index contributed by atoms with van der Waals surface area (Å²) in [5.74, 6) is 0.844. The zero-order valence-corrected chi connectivity index (χ0v) is 7.92. The van der Waals surface area contributed by atoms with E-state index in [1.807, 2.05) is 11.8 Å². The maximum absolute atomic E-state index is 11.4. The van der Waals surface area contributed by atoms with Crippen molar-refractivity contribution in [1.29, 1.82) is 0 Å². The van der Waals surface area contributed by atoms with Crippen molar-refractivity contribution in [2.24, 2.45) is 11.7 Å². The molecule has 0 bridgehead atoms. The minimum Gasteiger partial charge on any atom is -0.341 e. The molecule has 1 rings (SSSR count). The van der Waals surface area contributed by atoms with Crippen LogP contribution >= 0.6 is 0 Å². The van der Waals surface area contributed by atoms with Gasteiger partial charge in [0, 0.05) is 13.1 Å². The molecule has 1 aliphatic carbocycles. The molecule has 70 valence electrons. The van der Waals surface area contributed by atoms with Crippen molar-refractivity contribution in [1.82, 2.24) is 4.90 Å². The Labute approximate surface area is 73.9 Å². The van der Waals surface area contributed by atoms with E-state index in [0.29, 0.717) is 0 Å². The molecule has 0 saturated heterocycles. The standard InChI is InChI=1S/C9H18N2O/c1-3-11(6-8-4-5-8)9(12)7(2)10/h7-8H,3-6,10H2,1-2H3/t7-/m0/s1. The fourth-order valence-corrected chi connectivity index (χ4v) is 1.27. The molecule has 0 heterocycles. The van der Waals surface area contributed by atoms with E-state index in [1.165, 1.54) is 12.8 Å². The lowest BCUT2D eigenvalue weighted by Gasteiger charge is -2.22. The van der Waals surface area contributed by atoms with Gasteiger partial charge in [-0.15, -0.1) is 0 Å². The van der Waals surface area contributed by atoms with Gasteiger partial charge in [0.1, 0.15) is 0 Å². The fourth-order valence-electron chi connectivity index (χ4n) is 1.27. The molecule has 0 spiro atoms. The van der Waals surface area contributed by atoms with Gasteiger partial charge in [0.05, 0.1) is 6.04 Å². The molecular weight excluding hydrogens is 152 g/mol. The molecule has 12 heavy (non-hydrogen) atoms. The van der Waals surface area contributed by atoms with Crippen LogP contribution in [0.15, 0.2) is 0 Å². The monoisotopic (exact) mass is 170 g/mol. The average Bonchev–Trinajstić information content (AvgIpc) is 2.82. The Balaban J connectivity index is 2.36. The number of rotatable bonds is 4. The molecular formula is C9H18N2O. The van der Waals surface area contributed by atoms with Gasteiger partial charge >= 0.3 is 0 Å². The van der Waals surface area contributed by atoms with Crippen LogP contribution < -0.4 is 5.73 Å². The van der Waals surface area contributed by atoms with Crippen molar-refractivity contribution in [2.45, 2.75) is 32.7 Å². The number of nitrogens with zero attached hydrogens (tertiary/aromatic N) is 1. The molecule has 3 heteroatoms. The first-order valence-corrected chi connectivity index (χ1v) is 4.69. The van der Waals surface area contributed by atoms with E-state index in [1.54, 1.807) is 6.92 Å². The summed E-state index contributed by atoms with van der Waals surface area (Å²) in [6.07, 6.45) is 2.56. The van der Waals surface area contributed by atoms with E-state index in [-0.39, 0.29) is 11.9 Å². The SMILES string of the molecule is CCN(CC1CC1)C(=O)[C@H](C)N. The van der Waals surface area contributed by atoms with Crippen LogP contribution in [0.5, 0.6) is 0 Å². The van der Waals surface area contributed by atoms with E-state index in [2.05, 4.69) is 0 Å². The lowest BCUT2D eigenvalue weighted by molar-refractivity contribution is -0.132. The molecule has 1 saturated carbocycles. The molecule has 0 aromatic carbocycles. The van der Waals surface area contributed by atoms with Crippen LogP contribution in [-0.2, 0) is 4.79 Å². The fraction of sp³-hybridized carbons (Fsp3) is 0.889.